The third-order valence-corrected chi connectivity index (χ3v) is 4.73. The third-order valence-electron chi connectivity index (χ3n) is 4.51. The molecule has 4 rings (SSSR count). The van der Waals surface area contributed by atoms with Gasteiger partial charge in [0.15, 0.2) is 0 Å². The molecule has 0 radical (unpaired) electrons. The minimum absolute atomic E-state index is 0.0530. The minimum Gasteiger partial charge on any atom is -0.349 e. The zero-order valence-electron chi connectivity index (χ0n) is 13.1. The van der Waals surface area contributed by atoms with Crippen molar-refractivity contribution in [1.82, 2.24) is 9.88 Å². The molecule has 0 saturated carbocycles. The fraction of sp³-hybridized carbons (Fsp3) is 0.158. The van der Waals surface area contributed by atoms with Crippen LogP contribution in [0.2, 0.25) is 5.02 Å². The van der Waals surface area contributed by atoms with Crippen molar-refractivity contribution in [3.05, 3.63) is 58.2 Å². The molecule has 1 N–H and O–H groups in total. The van der Waals surface area contributed by atoms with Crippen molar-refractivity contribution in [2.24, 2.45) is 0 Å². The van der Waals surface area contributed by atoms with E-state index in [9.17, 15) is 10.1 Å². The number of halogens is 1. The van der Waals surface area contributed by atoms with Crippen LogP contribution in [0.1, 0.15) is 21.6 Å². The largest absolute Gasteiger partial charge is 0.349 e. The molecular weight excluding hydrogens is 322 g/mol. The zero-order valence-corrected chi connectivity index (χ0v) is 13.8. The maximum Gasteiger partial charge on any atom is 0.268 e. The first-order valence-corrected chi connectivity index (χ1v) is 8.09. The van der Waals surface area contributed by atoms with Crippen LogP contribution in [-0.2, 0) is 6.54 Å². The standard InChI is InChI=1S/C19H14ClN3O/c1-11-15-8-14(20)9-16(13-4-2-3-12(7-13)10-21)18(15)23-6-5-22-19(24)17(11)23/h2-4,7-9H,5-6H2,1H3,(H,22,24). The number of aryl methyl sites for hydroxylation is 1. The smallest absolute Gasteiger partial charge is 0.268 e. The van der Waals surface area contributed by atoms with Crippen LogP contribution in [0.5, 0.6) is 0 Å². The molecule has 0 spiro atoms. The Kier molecular flexibility index (Phi) is 3.33. The van der Waals surface area contributed by atoms with Crippen LogP contribution < -0.4 is 5.32 Å². The van der Waals surface area contributed by atoms with E-state index in [2.05, 4.69) is 16.0 Å². The Labute approximate surface area is 144 Å². The summed E-state index contributed by atoms with van der Waals surface area (Å²) < 4.78 is 2.06. The van der Waals surface area contributed by atoms with Gasteiger partial charge in [-0.15, -0.1) is 0 Å². The molecule has 1 aliphatic heterocycles. The predicted octanol–water partition coefficient (Wildman–Crippen LogP) is 3.89. The van der Waals surface area contributed by atoms with Crippen LogP contribution in [0.4, 0.5) is 0 Å². The molecular formula is C19H14ClN3O. The van der Waals surface area contributed by atoms with E-state index in [0.29, 0.717) is 22.8 Å². The van der Waals surface area contributed by atoms with Crippen LogP contribution in [0.3, 0.4) is 0 Å². The summed E-state index contributed by atoms with van der Waals surface area (Å²) in [5.41, 5.74) is 5.09. The molecule has 0 saturated heterocycles. The molecule has 4 nitrogen and oxygen atoms in total. The van der Waals surface area contributed by atoms with Crippen molar-refractivity contribution in [3.63, 3.8) is 0 Å². The molecule has 0 atom stereocenters. The van der Waals surface area contributed by atoms with Crippen molar-refractivity contribution in [1.29, 1.82) is 5.26 Å². The number of aromatic nitrogens is 1. The van der Waals surface area contributed by atoms with E-state index in [-0.39, 0.29) is 5.91 Å². The van der Waals surface area contributed by atoms with Gasteiger partial charge in [0.2, 0.25) is 0 Å². The highest BCUT2D eigenvalue weighted by Crippen LogP contribution is 2.37. The number of rotatable bonds is 1. The quantitative estimate of drug-likeness (QED) is 0.733. The van der Waals surface area contributed by atoms with Crippen molar-refractivity contribution >= 4 is 28.4 Å². The minimum atomic E-state index is -0.0530. The first-order chi connectivity index (χ1) is 11.6. The Morgan fingerprint density at radius 3 is 2.92 bits per heavy atom. The average Bonchev–Trinajstić information content (AvgIpc) is 2.88. The van der Waals surface area contributed by atoms with E-state index < -0.39 is 0 Å². The van der Waals surface area contributed by atoms with Crippen LogP contribution >= 0.6 is 11.6 Å². The third kappa shape index (κ3) is 2.10. The van der Waals surface area contributed by atoms with E-state index in [1.165, 1.54) is 0 Å². The lowest BCUT2D eigenvalue weighted by Crippen LogP contribution is -2.35. The molecule has 1 aliphatic rings. The Hall–Kier alpha value is -2.77. The molecule has 1 aromatic heterocycles. The molecule has 0 fully saturated rings. The van der Waals surface area contributed by atoms with Crippen LogP contribution in [0, 0.1) is 18.3 Å². The van der Waals surface area contributed by atoms with Gasteiger partial charge in [-0.2, -0.15) is 5.26 Å². The monoisotopic (exact) mass is 335 g/mol. The second-order valence-electron chi connectivity index (χ2n) is 5.92. The lowest BCUT2D eigenvalue weighted by Gasteiger charge is -2.18. The summed E-state index contributed by atoms with van der Waals surface area (Å²) in [6.07, 6.45) is 0. The summed E-state index contributed by atoms with van der Waals surface area (Å²) >= 11 is 6.34. The SMILES string of the molecule is Cc1c2n(c3c(-c4cccc(C#N)c4)cc(Cl)cc13)CCNC2=O. The maximum absolute atomic E-state index is 12.3. The van der Waals surface area contributed by atoms with Crippen molar-refractivity contribution in [2.45, 2.75) is 13.5 Å². The van der Waals surface area contributed by atoms with Crippen molar-refractivity contribution in [2.75, 3.05) is 6.54 Å². The highest BCUT2D eigenvalue weighted by molar-refractivity contribution is 6.32. The number of nitriles is 1. The summed E-state index contributed by atoms with van der Waals surface area (Å²) in [7, 11) is 0. The van der Waals surface area contributed by atoms with Gasteiger partial charge in [-0.1, -0.05) is 23.7 Å². The van der Waals surface area contributed by atoms with E-state index in [1.54, 1.807) is 6.07 Å². The molecule has 24 heavy (non-hydrogen) atoms. The predicted molar refractivity (Wildman–Crippen MR) is 94.2 cm³/mol. The summed E-state index contributed by atoms with van der Waals surface area (Å²) in [4.78, 5) is 12.3. The Morgan fingerprint density at radius 1 is 1.29 bits per heavy atom. The van der Waals surface area contributed by atoms with Crippen LogP contribution in [0.15, 0.2) is 36.4 Å². The fourth-order valence-corrected chi connectivity index (χ4v) is 3.69. The molecule has 2 aromatic carbocycles. The topological polar surface area (TPSA) is 57.8 Å². The lowest BCUT2D eigenvalue weighted by atomic mass is 10.00. The molecule has 0 aliphatic carbocycles. The molecule has 2 heterocycles. The number of carbonyl (C=O) groups is 1. The van der Waals surface area contributed by atoms with Gasteiger partial charge in [0.05, 0.1) is 17.1 Å². The molecule has 0 bridgehead atoms. The molecule has 3 aromatic rings. The normalized spacial score (nSPS) is 13.5. The summed E-state index contributed by atoms with van der Waals surface area (Å²) in [5, 5.41) is 13.7. The van der Waals surface area contributed by atoms with Crippen molar-refractivity contribution in [3.8, 4) is 17.2 Å². The fourth-order valence-electron chi connectivity index (χ4n) is 3.48. The van der Waals surface area contributed by atoms with Crippen LogP contribution in [-0.4, -0.2) is 17.0 Å². The highest BCUT2D eigenvalue weighted by Gasteiger charge is 2.25. The number of nitrogens with one attached hydrogen (secondary N) is 1. The number of nitrogens with zero attached hydrogens (tertiary/aromatic N) is 2. The Balaban J connectivity index is 2.11. The highest BCUT2D eigenvalue weighted by atomic mass is 35.5. The summed E-state index contributed by atoms with van der Waals surface area (Å²) in [6.45, 7) is 3.28. The average molecular weight is 336 g/mol. The molecule has 0 unspecified atom stereocenters. The molecule has 118 valence electrons. The Morgan fingerprint density at radius 2 is 2.12 bits per heavy atom. The van der Waals surface area contributed by atoms with Gasteiger partial charge < -0.3 is 9.88 Å². The van der Waals surface area contributed by atoms with Gasteiger partial charge >= 0.3 is 0 Å². The maximum atomic E-state index is 12.3. The van der Waals surface area contributed by atoms with Gasteiger partial charge in [-0.25, -0.2) is 0 Å². The van der Waals surface area contributed by atoms with Gasteiger partial charge in [-0.05, 0) is 42.3 Å². The second-order valence-corrected chi connectivity index (χ2v) is 6.36. The van der Waals surface area contributed by atoms with E-state index in [1.807, 2.05) is 37.3 Å². The zero-order chi connectivity index (χ0) is 16.8. The first kappa shape index (κ1) is 14.8. The van der Waals surface area contributed by atoms with E-state index >= 15 is 0 Å². The molecule has 1 amide bonds. The first-order valence-electron chi connectivity index (χ1n) is 7.71. The van der Waals surface area contributed by atoms with Gasteiger partial charge in [0.1, 0.15) is 5.69 Å². The number of hydrogen-bond acceptors (Lipinski definition) is 2. The molecule has 5 heteroatoms. The second kappa shape index (κ2) is 5.40. The number of carbonyl (C=O) groups excluding carboxylic acids is 1. The van der Waals surface area contributed by atoms with E-state index in [4.69, 9.17) is 11.6 Å². The number of fused-ring (bicyclic) bond motifs is 3. The van der Waals surface area contributed by atoms with Crippen LogP contribution in [0.25, 0.3) is 22.0 Å². The summed E-state index contributed by atoms with van der Waals surface area (Å²) in [6, 6.07) is 13.4. The van der Waals surface area contributed by atoms with Gasteiger partial charge in [0, 0.05) is 29.1 Å². The van der Waals surface area contributed by atoms with Gasteiger partial charge in [-0.3, -0.25) is 4.79 Å². The summed E-state index contributed by atoms with van der Waals surface area (Å²) in [5.74, 6) is -0.0530. The van der Waals surface area contributed by atoms with E-state index in [0.717, 1.165) is 34.1 Å². The van der Waals surface area contributed by atoms with Crippen molar-refractivity contribution < 1.29 is 4.79 Å². The van der Waals surface area contributed by atoms with Gasteiger partial charge in [0.25, 0.3) is 5.91 Å². The number of amides is 1. The number of benzene rings is 2. The number of hydrogen-bond donors (Lipinski definition) is 1. The lowest BCUT2D eigenvalue weighted by molar-refractivity contribution is 0.0928. The Bertz CT molecular complexity index is 1040.